The van der Waals surface area contributed by atoms with Gasteiger partial charge in [0.25, 0.3) is 0 Å². The lowest BCUT2D eigenvalue weighted by Crippen LogP contribution is -2.49. The molecule has 116 valence electrons. The van der Waals surface area contributed by atoms with Crippen molar-refractivity contribution in [2.75, 3.05) is 0 Å². The molecule has 1 saturated heterocycles. The van der Waals surface area contributed by atoms with Gasteiger partial charge in [-0.2, -0.15) is 0 Å². The monoisotopic (exact) mass is 288 g/mol. The molecule has 1 fully saturated rings. The molecular formula is C14H24O6. The average molecular weight is 288 g/mol. The average Bonchev–Trinajstić information content (AvgIpc) is 2.31. The number of hydrogen-bond acceptors (Lipinski definition) is 5. The number of rotatable bonds is 6. The molecule has 4 atom stereocenters. The van der Waals surface area contributed by atoms with Crippen molar-refractivity contribution >= 4 is 5.97 Å². The second-order valence-electron chi connectivity index (χ2n) is 5.74. The Morgan fingerprint density at radius 3 is 2.65 bits per heavy atom. The minimum absolute atomic E-state index is 0.223. The maximum absolute atomic E-state index is 10.4. The summed E-state index contributed by atoms with van der Waals surface area (Å²) in [5.74, 6) is -0.974. The predicted molar refractivity (Wildman–Crippen MR) is 72.1 cm³/mol. The van der Waals surface area contributed by atoms with Crippen LogP contribution in [0.4, 0.5) is 0 Å². The van der Waals surface area contributed by atoms with Crippen molar-refractivity contribution in [3.8, 4) is 0 Å². The number of aliphatic hydroxyl groups excluding tert-OH is 2. The number of aliphatic hydroxyl groups is 2. The maximum Gasteiger partial charge on any atom is 0.327 e. The third-order valence-corrected chi connectivity index (χ3v) is 3.30. The molecule has 20 heavy (non-hydrogen) atoms. The number of hydrogen-bond donors (Lipinski definition) is 3. The third kappa shape index (κ3) is 5.58. The predicted octanol–water partition coefficient (Wildman–Crippen LogP) is 1.06. The van der Waals surface area contributed by atoms with Crippen LogP contribution < -0.4 is 0 Å². The molecule has 1 aliphatic rings. The zero-order valence-electron chi connectivity index (χ0n) is 12.2. The summed E-state index contributed by atoms with van der Waals surface area (Å²) in [5, 5.41) is 27.9. The zero-order valence-corrected chi connectivity index (χ0v) is 12.2. The van der Waals surface area contributed by atoms with Crippen molar-refractivity contribution in [2.45, 2.75) is 70.2 Å². The maximum atomic E-state index is 10.4. The Balaban J connectivity index is 2.46. The molecular weight excluding hydrogens is 264 g/mol. The Kier molecular flexibility index (Phi) is 6.13. The van der Waals surface area contributed by atoms with E-state index in [4.69, 9.17) is 14.6 Å². The van der Waals surface area contributed by atoms with E-state index in [9.17, 15) is 15.0 Å². The van der Waals surface area contributed by atoms with Gasteiger partial charge in [-0.3, -0.25) is 0 Å². The van der Waals surface area contributed by atoms with E-state index in [1.54, 1.807) is 13.0 Å². The SMILES string of the molecule is C[C@@H]1O[C@@H](OC(C)(C)CC/C=C/C(=O)O)[C@H](O)C[C@H]1O. The molecule has 6 heteroatoms. The van der Waals surface area contributed by atoms with Crippen molar-refractivity contribution in [1.29, 1.82) is 0 Å². The van der Waals surface area contributed by atoms with E-state index in [1.165, 1.54) is 0 Å². The molecule has 0 bridgehead atoms. The second kappa shape index (κ2) is 7.17. The number of carbonyl (C=O) groups is 1. The van der Waals surface area contributed by atoms with Crippen LogP contribution in [0, 0.1) is 0 Å². The Labute approximate surface area is 119 Å². The minimum atomic E-state index is -0.974. The van der Waals surface area contributed by atoms with Crippen molar-refractivity contribution in [2.24, 2.45) is 0 Å². The Morgan fingerprint density at radius 2 is 2.05 bits per heavy atom. The van der Waals surface area contributed by atoms with Gasteiger partial charge in [-0.1, -0.05) is 6.08 Å². The molecule has 1 aliphatic heterocycles. The van der Waals surface area contributed by atoms with E-state index in [-0.39, 0.29) is 12.5 Å². The van der Waals surface area contributed by atoms with Gasteiger partial charge in [0, 0.05) is 12.5 Å². The van der Waals surface area contributed by atoms with Gasteiger partial charge in [-0.25, -0.2) is 4.79 Å². The summed E-state index contributed by atoms with van der Waals surface area (Å²) in [4.78, 5) is 10.4. The van der Waals surface area contributed by atoms with Crippen LogP contribution in [0.2, 0.25) is 0 Å². The van der Waals surface area contributed by atoms with E-state index in [0.717, 1.165) is 6.08 Å². The number of allylic oxidation sites excluding steroid dienone is 1. The standard InChI is InChI=1S/C14H24O6/c1-9-10(15)8-11(16)13(19-9)20-14(2,3)7-5-4-6-12(17)18/h4,6,9-11,13,15-16H,5,7-8H2,1-3H3,(H,17,18)/b6-4+/t9-,10+,11+,13-/m0/s1. The van der Waals surface area contributed by atoms with Crippen molar-refractivity contribution in [3.05, 3.63) is 12.2 Å². The minimum Gasteiger partial charge on any atom is -0.478 e. The molecule has 0 aromatic carbocycles. The first-order chi connectivity index (χ1) is 9.21. The van der Waals surface area contributed by atoms with Crippen LogP contribution in [0.3, 0.4) is 0 Å². The molecule has 0 radical (unpaired) electrons. The number of aliphatic carboxylic acids is 1. The largest absolute Gasteiger partial charge is 0.478 e. The van der Waals surface area contributed by atoms with Gasteiger partial charge in [0.15, 0.2) is 6.29 Å². The van der Waals surface area contributed by atoms with Crippen LogP contribution in [-0.2, 0) is 14.3 Å². The lowest BCUT2D eigenvalue weighted by Gasteiger charge is -2.39. The summed E-state index contributed by atoms with van der Waals surface area (Å²) in [6.45, 7) is 5.44. The summed E-state index contributed by atoms with van der Waals surface area (Å²) in [6.07, 6.45) is 1.33. The topological polar surface area (TPSA) is 96.2 Å². The lowest BCUT2D eigenvalue weighted by atomic mass is 10.0. The fraction of sp³-hybridized carbons (Fsp3) is 0.786. The van der Waals surface area contributed by atoms with Crippen LogP contribution in [0.5, 0.6) is 0 Å². The normalized spacial score (nSPS) is 31.6. The zero-order chi connectivity index (χ0) is 15.3. The smallest absolute Gasteiger partial charge is 0.327 e. The number of carboxylic acid groups (broad SMARTS) is 1. The van der Waals surface area contributed by atoms with Gasteiger partial charge in [0.1, 0.15) is 6.10 Å². The van der Waals surface area contributed by atoms with Gasteiger partial charge in [0.05, 0.1) is 17.8 Å². The number of ether oxygens (including phenoxy) is 2. The summed E-state index contributed by atoms with van der Waals surface area (Å²) < 4.78 is 11.2. The van der Waals surface area contributed by atoms with Crippen LogP contribution in [0.1, 0.15) is 40.0 Å². The Hall–Kier alpha value is -0.950. The first kappa shape index (κ1) is 17.1. The molecule has 6 nitrogen and oxygen atoms in total. The van der Waals surface area contributed by atoms with E-state index < -0.39 is 30.1 Å². The van der Waals surface area contributed by atoms with Crippen LogP contribution in [0.25, 0.3) is 0 Å². The molecule has 3 N–H and O–H groups in total. The molecule has 0 amide bonds. The van der Waals surface area contributed by atoms with Crippen LogP contribution in [0.15, 0.2) is 12.2 Å². The third-order valence-electron chi connectivity index (χ3n) is 3.30. The number of carboxylic acids is 1. The molecule has 0 aromatic heterocycles. The second-order valence-corrected chi connectivity index (χ2v) is 5.74. The van der Waals surface area contributed by atoms with Gasteiger partial charge in [0.2, 0.25) is 0 Å². The van der Waals surface area contributed by atoms with Crippen LogP contribution in [-0.4, -0.2) is 51.5 Å². The molecule has 1 rings (SSSR count). The molecule has 1 heterocycles. The van der Waals surface area contributed by atoms with Crippen molar-refractivity contribution in [1.82, 2.24) is 0 Å². The van der Waals surface area contributed by atoms with Crippen molar-refractivity contribution < 1.29 is 29.6 Å². The van der Waals surface area contributed by atoms with Gasteiger partial charge in [-0.15, -0.1) is 0 Å². The fourth-order valence-corrected chi connectivity index (χ4v) is 2.04. The lowest BCUT2D eigenvalue weighted by molar-refractivity contribution is -0.291. The molecule has 0 saturated carbocycles. The highest BCUT2D eigenvalue weighted by atomic mass is 16.7. The van der Waals surface area contributed by atoms with Gasteiger partial charge < -0.3 is 24.8 Å². The Bertz CT molecular complexity index is 352. The van der Waals surface area contributed by atoms with E-state index in [1.807, 2.05) is 13.8 Å². The Morgan fingerprint density at radius 1 is 1.40 bits per heavy atom. The summed E-state index contributed by atoms with van der Waals surface area (Å²) in [7, 11) is 0. The molecule has 0 unspecified atom stereocenters. The fourth-order valence-electron chi connectivity index (χ4n) is 2.04. The van der Waals surface area contributed by atoms with Gasteiger partial charge >= 0.3 is 5.97 Å². The van der Waals surface area contributed by atoms with E-state index in [2.05, 4.69) is 0 Å². The highest BCUT2D eigenvalue weighted by Crippen LogP contribution is 2.27. The van der Waals surface area contributed by atoms with Gasteiger partial charge in [-0.05, 0) is 33.6 Å². The van der Waals surface area contributed by atoms with Crippen molar-refractivity contribution in [3.63, 3.8) is 0 Å². The molecule has 0 spiro atoms. The summed E-state index contributed by atoms with van der Waals surface area (Å²) >= 11 is 0. The van der Waals surface area contributed by atoms with E-state index >= 15 is 0 Å². The quantitative estimate of drug-likeness (QED) is 0.632. The summed E-state index contributed by atoms with van der Waals surface area (Å²) in [5.41, 5.74) is -0.559. The molecule has 0 aliphatic carbocycles. The van der Waals surface area contributed by atoms with Crippen LogP contribution >= 0.6 is 0 Å². The highest BCUT2D eigenvalue weighted by Gasteiger charge is 2.37. The highest BCUT2D eigenvalue weighted by molar-refractivity contribution is 5.79. The summed E-state index contributed by atoms with van der Waals surface area (Å²) in [6, 6.07) is 0. The molecule has 0 aromatic rings. The first-order valence-corrected chi connectivity index (χ1v) is 6.80. The van der Waals surface area contributed by atoms with E-state index in [0.29, 0.717) is 12.8 Å². The first-order valence-electron chi connectivity index (χ1n) is 6.80.